The van der Waals surface area contributed by atoms with Crippen LogP contribution in [0.25, 0.3) is 0 Å². The Balaban J connectivity index is 2.77. The Morgan fingerprint density at radius 3 is 2.31 bits per heavy atom. The molecule has 0 radical (unpaired) electrons. The van der Waals surface area contributed by atoms with Gasteiger partial charge in [0.2, 0.25) is 0 Å². The number of benzene rings is 1. The van der Waals surface area contributed by atoms with Gasteiger partial charge in [-0.15, -0.1) is 0 Å². The predicted molar refractivity (Wildman–Crippen MR) is 58.1 cm³/mol. The van der Waals surface area contributed by atoms with Crippen LogP contribution in [0.15, 0.2) is 18.2 Å². The molecule has 0 aliphatic heterocycles. The third-order valence-electron chi connectivity index (χ3n) is 1.92. The van der Waals surface area contributed by atoms with Gasteiger partial charge in [-0.05, 0) is 26.0 Å². The maximum Gasteiger partial charge on any atom is 0.251 e. The molecule has 1 atom stereocenters. The third-order valence-corrected chi connectivity index (χ3v) is 2.48. The lowest BCUT2D eigenvalue weighted by atomic mass is 10.1. The molecule has 0 bridgehead atoms. The molecule has 0 aliphatic carbocycles. The first-order valence-corrected chi connectivity index (χ1v) is 6.43. The van der Waals surface area contributed by atoms with Crippen LogP contribution in [-0.2, 0) is 4.57 Å². The highest BCUT2D eigenvalue weighted by Gasteiger charge is 2.09. The van der Waals surface area contributed by atoms with E-state index in [0.717, 1.165) is 11.1 Å². The van der Waals surface area contributed by atoms with Crippen molar-refractivity contribution in [3.8, 4) is 0 Å². The fourth-order valence-corrected chi connectivity index (χ4v) is 1.72. The quantitative estimate of drug-likeness (QED) is 0.757. The van der Waals surface area contributed by atoms with Crippen LogP contribution in [0.5, 0.6) is 0 Å². The largest absolute Gasteiger partial charge is 0.777 e. The second-order valence-corrected chi connectivity index (χ2v) is 5.27. The molecule has 1 amide bonds. The lowest BCUT2D eigenvalue weighted by Gasteiger charge is -2.16. The van der Waals surface area contributed by atoms with Gasteiger partial charge in [-0.2, -0.15) is 0 Å². The molecular weight excluding hydrogens is 229 g/mol. The topological polar surface area (TPSA) is 89.5 Å². The van der Waals surface area contributed by atoms with E-state index in [2.05, 4.69) is 5.32 Å². The minimum absolute atomic E-state index is 0.381. The summed E-state index contributed by atoms with van der Waals surface area (Å²) in [6, 6.07) is 5.20. The van der Waals surface area contributed by atoms with E-state index < -0.39 is 19.8 Å². The molecule has 1 rings (SSSR count). The molecule has 2 N–H and O–H groups in total. The molecule has 1 unspecified atom stereocenters. The zero-order valence-electron chi connectivity index (χ0n) is 9.06. The van der Waals surface area contributed by atoms with E-state index in [4.69, 9.17) is 4.89 Å². The summed E-state index contributed by atoms with van der Waals surface area (Å²) in [4.78, 5) is 30.5. The highest BCUT2D eigenvalue weighted by molar-refractivity contribution is 7.50. The Kier molecular flexibility index (Phi) is 3.86. The average Bonchev–Trinajstić information content (AvgIpc) is 2.11. The van der Waals surface area contributed by atoms with Crippen LogP contribution in [0.3, 0.4) is 0 Å². The molecule has 0 saturated carbocycles. The highest BCUT2D eigenvalue weighted by atomic mass is 31.2. The zero-order valence-corrected chi connectivity index (χ0v) is 9.95. The molecule has 0 aliphatic rings. The van der Waals surface area contributed by atoms with E-state index in [9.17, 15) is 14.3 Å². The third kappa shape index (κ3) is 4.14. The highest BCUT2D eigenvalue weighted by Crippen LogP contribution is 2.26. The number of aryl methyl sites for hydroxylation is 2. The molecule has 0 spiro atoms. The molecule has 0 saturated heterocycles. The number of carbonyl (C=O) groups is 1. The van der Waals surface area contributed by atoms with Gasteiger partial charge in [-0.1, -0.05) is 17.2 Å². The molecular formula is C10H13NO4P-. The van der Waals surface area contributed by atoms with Crippen molar-refractivity contribution in [2.75, 3.05) is 6.29 Å². The van der Waals surface area contributed by atoms with Gasteiger partial charge >= 0.3 is 0 Å². The van der Waals surface area contributed by atoms with Crippen LogP contribution in [-0.4, -0.2) is 17.1 Å². The van der Waals surface area contributed by atoms with Crippen molar-refractivity contribution in [1.29, 1.82) is 0 Å². The fraction of sp³-hybridized carbons (Fsp3) is 0.300. The summed E-state index contributed by atoms with van der Waals surface area (Å²) in [5.41, 5.74) is 2.21. The maximum atomic E-state index is 11.5. The van der Waals surface area contributed by atoms with Crippen LogP contribution in [0.1, 0.15) is 21.5 Å². The monoisotopic (exact) mass is 242 g/mol. The second kappa shape index (κ2) is 4.78. The molecule has 5 nitrogen and oxygen atoms in total. The summed E-state index contributed by atoms with van der Waals surface area (Å²) in [7, 11) is -4.45. The average molecular weight is 242 g/mol. The Hall–Kier alpha value is -1.16. The molecule has 0 heterocycles. The van der Waals surface area contributed by atoms with E-state index >= 15 is 0 Å². The summed E-state index contributed by atoms with van der Waals surface area (Å²) in [5.74, 6) is -0.517. The van der Waals surface area contributed by atoms with Crippen LogP contribution >= 0.6 is 7.60 Å². The van der Waals surface area contributed by atoms with Crippen molar-refractivity contribution in [3.05, 3.63) is 34.9 Å². The number of rotatable bonds is 3. The van der Waals surface area contributed by atoms with Crippen molar-refractivity contribution in [1.82, 2.24) is 5.32 Å². The number of hydrogen-bond acceptors (Lipinski definition) is 3. The minimum atomic E-state index is -4.45. The number of carbonyl (C=O) groups excluding carboxylic acids is 1. The van der Waals surface area contributed by atoms with Gasteiger partial charge < -0.3 is 19.7 Å². The summed E-state index contributed by atoms with van der Waals surface area (Å²) in [6.45, 7) is 3.68. The van der Waals surface area contributed by atoms with Gasteiger partial charge in [-0.3, -0.25) is 4.79 Å². The summed E-state index contributed by atoms with van der Waals surface area (Å²) >= 11 is 0. The molecule has 0 fully saturated rings. The van der Waals surface area contributed by atoms with Gasteiger partial charge in [0.25, 0.3) is 5.91 Å². The first-order valence-electron chi connectivity index (χ1n) is 4.67. The number of nitrogens with one attached hydrogen (secondary N) is 1. The maximum absolute atomic E-state index is 11.5. The minimum Gasteiger partial charge on any atom is -0.777 e. The Bertz CT molecular complexity index is 432. The molecule has 88 valence electrons. The summed E-state index contributed by atoms with van der Waals surface area (Å²) in [6.07, 6.45) is -0.751. The van der Waals surface area contributed by atoms with Crippen LogP contribution in [0.4, 0.5) is 0 Å². The van der Waals surface area contributed by atoms with Crippen molar-refractivity contribution in [2.45, 2.75) is 13.8 Å². The number of hydrogen-bond donors (Lipinski definition) is 2. The zero-order chi connectivity index (χ0) is 12.3. The Morgan fingerprint density at radius 1 is 1.38 bits per heavy atom. The van der Waals surface area contributed by atoms with E-state index in [0.29, 0.717) is 5.56 Å². The van der Waals surface area contributed by atoms with E-state index in [-0.39, 0.29) is 0 Å². The van der Waals surface area contributed by atoms with Crippen molar-refractivity contribution < 1.29 is 19.1 Å². The first-order chi connectivity index (χ1) is 7.28. The van der Waals surface area contributed by atoms with Crippen LogP contribution < -0.4 is 10.2 Å². The smallest absolute Gasteiger partial charge is 0.251 e. The molecule has 6 heteroatoms. The fourth-order valence-electron chi connectivity index (χ4n) is 1.38. The SMILES string of the molecule is Cc1cc(C)cc(C(=O)NCP(=O)([O-])O)c1. The molecule has 0 aromatic heterocycles. The molecule has 1 aromatic carbocycles. The molecule has 16 heavy (non-hydrogen) atoms. The van der Waals surface area contributed by atoms with Crippen molar-refractivity contribution in [2.24, 2.45) is 0 Å². The van der Waals surface area contributed by atoms with Gasteiger partial charge in [0.05, 0.1) is 6.29 Å². The Labute approximate surface area is 93.7 Å². The first kappa shape index (κ1) is 12.9. The van der Waals surface area contributed by atoms with Crippen molar-refractivity contribution >= 4 is 13.5 Å². The summed E-state index contributed by atoms with van der Waals surface area (Å²) < 4.78 is 10.5. The lowest BCUT2D eigenvalue weighted by molar-refractivity contribution is -0.193. The Morgan fingerprint density at radius 2 is 1.88 bits per heavy atom. The van der Waals surface area contributed by atoms with E-state index in [1.54, 1.807) is 12.1 Å². The van der Waals surface area contributed by atoms with Crippen LogP contribution in [0, 0.1) is 13.8 Å². The lowest BCUT2D eigenvalue weighted by Crippen LogP contribution is -2.27. The normalized spacial score (nSPS) is 14.2. The number of amides is 1. The van der Waals surface area contributed by atoms with Crippen LogP contribution in [0.2, 0.25) is 0 Å². The van der Waals surface area contributed by atoms with Crippen molar-refractivity contribution in [3.63, 3.8) is 0 Å². The standard InChI is InChI=1S/C10H14NO4P/c1-7-3-8(2)5-9(4-7)10(12)11-6-16(13,14)15/h3-5H,6H2,1-2H3,(H,11,12)(H2,13,14,15)/p-1. The van der Waals surface area contributed by atoms with Gasteiger partial charge in [0.1, 0.15) is 0 Å². The second-order valence-electron chi connectivity index (χ2n) is 3.68. The van der Waals surface area contributed by atoms with E-state index in [1.807, 2.05) is 19.9 Å². The molecule has 1 aromatic rings. The predicted octanol–water partition coefficient (Wildman–Crippen LogP) is 0.536. The van der Waals surface area contributed by atoms with E-state index in [1.165, 1.54) is 0 Å². The van der Waals surface area contributed by atoms with Gasteiger partial charge in [0, 0.05) is 5.56 Å². The summed E-state index contributed by atoms with van der Waals surface area (Å²) in [5, 5.41) is 2.13. The van der Waals surface area contributed by atoms with Gasteiger partial charge in [-0.25, -0.2) is 0 Å². The van der Waals surface area contributed by atoms with Gasteiger partial charge in [0.15, 0.2) is 7.60 Å².